The van der Waals surface area contributed by atoms with Crippen LogP contribution in [-0.2, 0) is 0 Å². The number of halogens is 1. The maximum absolute atomic E-state index is 13.3. The average Bonchev–Trinajstić information content (AvgIpc) is 2.42. The molecule has 19 heavy (non-hydrogen) atoms. The van der Waals surface area contributed by atoms with Crippen LogP contribution < -0.4 is 5.32 Å². The molecule has 1 heterocycles. The molecule has 0 atom stereocenters. The minimum atomic E-state index is -0.348. The number of hydrogen-bond donors (Lipinski definition) is 1. The van der Waals surface area contributed by atoms with Gasteiger partial charge in [-0.25, -0.2) is 4.39 Å². The molecule has 1 aromatic rings. The molecule has 1 aliphatic heterocycles. The molecule has 0 radical (unpaired) electrons. The van der Waals surface area contributed by atoms with E-state index in [4.69, 9.17) is 0 Å². The molecule has 1 N–H and O–H groups in total. The Balaban J connectivity index is 2.03. The molecule has 0 aliphatic carbocycles. The van der Waals surface area contributed by atoms with Crippen LogP contribution in [0.5, 0.6) is 0 Å². The van der Waals surface area contributed by atoms with Gasteiger partial charge >= 0.3 is 0 Å². The van der Waals surface area contributed by atoms with Gasteiger partial charge in [-0.2, -0.15) is 0 Å². The Labute approximate surface area is 113 Å². The zero-order valence-electron chi connectivity index (χ0n) is 11.6. The SMILES string of the molecule is CNCC1CCN(C(=O)c2cc(F)ccc2C)CC1. The first kappa shape index (κ1) is 14.0. The second kappa shape index (κ2) is 6.15. The summed E-state index contributed by atoms with van der Waals surface area (Å²) in [5.41, 5.74) is 1.33. The molecule has 0 saturated carbocycles. The highest BCUT2D eigenvalue weighted by molar-refractivity contribution is 5.95. The topological polar surface area (TPSA) is 32.3 Å². The van der Waals surface area contributed by atoms with E-state index in [1.54, 1.807) is 6.07 Å². The number of piperidine rings is 1. The Hall–Kier alpha value is -1.42. The van der Waals surface area contributed by atoms with Gasteiger partial charge < -0.3 is 10.2 Å². The van der Waals surface area contributed by atoms with E-state index in [9.17, 15) is 9.18 Å². The predicted octanol–water partition coefficient (Wildman–Crippen LogP) is 2.21. The van der Waals surface area contributed by atoms with Crippen molar-refractivity contribution in [3.8, 4) is 0 Å². The summed E-state index contributed by atoms with van der Waals surface area (Å²) in [5.74, 6) is 0.251. The Morgan fingerprint density at radius 1 is 1.42 bits per heavy atom. The number of carbonyl (C=O) groups excluding carboxylic acids is 1. The van der Waals surface area contributed by atoms with Crippen LogP contribution in [-0.4, -0.2) is 37.5 Å². The summed E-state index contributed by atoms with van der Waals surface area (Å²) in [4.78, 5) is 14.2. The Morgan fingerprint density at radius 3 is 2.74 bits per heavy atom. The molecule has 0 spiro atoms. The normalized spacial score (nSPS) is 16.7. The minimum Gasteiger partial charge on any atom is -0.339 e. The van der Waals surface area contributed by atoms with Crippen molar-refractivity contribution in [3.05, 3.63) is 35.1 Å². The Kier molecular flexibility index (Phi) is 4.53. The van der Waals surface area contributed by atoms with Gasteiger partial charge in [-0.05, 0) is 57.0 Å². The monoisotopic (exact) mass is 264 g/mol. The van der Waals surface area contributed by atoms with Crippen molar-refractivity contribution in [2.24, 2.45) is 5.92 Å². The molecular weight excluding hydrogens is 243 g/mol. The number of rotatable bonds is 3. The van der Waals surface area contributed by atoms with Crippen LogP contribution in [0, 0.1) is 18.7 Å². The van der Waals surface area contributed by atoms with Crippen molar-refractivity contribution < 1.29 is 9.18 Å². The van der Waals surface area contributed by atoms with Crippen LogP contribution in [0.1, 0.15) is 28.8 Å². The summed E-state index contributed by atoms with van der Waals surface area (Å²) in [5, 5.41) is 3.18. The molecule has 0 bridgehead atoms. The summed E-state index contributed by atoms with van der Waals surface area (Å²) in [6.45, 7) is 4.38. The van der Waals surface area contributed by atoms with Crippen molar-refractivity contribution in [1.29, 1.82) is 0 Å². The summed E-state index contributed by atoms with van der Waals surface area (Å²) >= 11 is 0. The molecule has 1 fully saturated rings. The van der Waals surface area contributed by atoms with E-state index >= 15 is 0 Å². The van der Waals surface area contributed by atoms with Gasteiger partial charge in [0.1, 0.15) is 5.82 Å². The lowest BCUT2D eigenvalue weighted by Crippen LogP contribution is -2.40. The molecule has 1 aliphatic rings. The van der Waals surface area contributed by atoms with Crippen molar-refractivity contribution >= 4 is 5.91 Å². The number of nitrogens with zero attached hydrogens (tertiary/aromatic N) is 1. The van der Waals surface area contributed by atoms with Crippen LogP contribution in [0.15, 0.2) is 18.2 Å². The summed E-state index contributed by atoms with van der Waals surface area (Å²) in [7, 11) is 1.95. The van der Waals surface area contributed by atoms with Gasteiger partial charge in [0.2, 0.25) is 0 Å². The molecule has 0 unspecified atom stereocenters. The first-order valence-corrected chi connectivity index (χ1v) is 6.82. The zero-order valence-corrected chi connectivity index (χ0v) is 11.6. The Bertz CT molecular complexity index is 453. The number of hydrogen-bond acceptors (Lipinski definition) is 2. The second-order valence-electron chi connectivity index (χ2n) is 5.25. The largest absolute Gasteiger partial charge is 0.339 e. The summed E-state index contributed by atoms with van der Waals surface area (Å²) in [6.07, 6.45) is 2.03. The van der Waals surface area contributed by atoms with Crippen molar-refractivity contribution in [1.82, 2.24) is 10.2 Å². The van der Waals surface area contributed by atoms with Crippen molar-refractivity contribution in [3.63, 3.8) is 0 Å². The number of aryl methyl sites for hydroxylation is 1. The lowest BCUT2D eigenvalue weighted by atomic mass is 9.96. The van der Waals surface area contributed by atoms with Crippen LogP contribution in [0.4, 0.5) is 4.39 Å². The van der Waals surface area contributed by atoms with Crippen molar-refractivity contribution in [2.45, 2.75) is 19.8 Å². The van der Waals surface area contributed by atoms with E-state index in [0.29, 0.717) is 11.5 Å². The van der Waals surface area contributed by atoms with Crippen molar-refractivity contribution in [2.75, 3.05) is 26.7 Å². The fourth-order valence-electron chi connectivity index (χ4n) is 2.62. The van der Waals surface area contributed by atoms with Crippen LogP contribution >= 0.6 is 0 Å². The standard InChI is InChI=1S/C15H21FN2O/c1-11-3-4-13(16)9-14(11)15(19)18-7-5-12(6-8-18)10-17-2/h3-4,9,12,17H,5-8,10H2,1-2H3. The number of benzene rings is 1. The summed E-state index contributed by atoms with van der Waals surface area (Å²) in [6, 6.07) is 4.40. The molecule has 0 aromatic heterocycles. The fourth-order valence-corrected chi connectivity index (χ4v) is 2.62. The fraction of sp³-hybridized carbons (Fsp3) is 0.533. The van der Waals surface area contributed by atoms with Gasteiger partial charge in [-0.3, -0.25) is 4.79 Å². The van der Waals surface area contributed by atoms with E-state index in [1.165, 1.54) is 12.1 Å². The van der Waals surface area contributed by atoms with Crippen LogP contribution in [0.25, 0.3) is 0 Å². The minimum absolute atomic E-state index is 0.0418. The highest BCUT2D eigenvalue weighted by Crippen LogP contribution is 2.20. The van der Waals surface area contributed by atoms with E-state index in [2.05, 4.69) is 5.32 Å². The quantitative estimate of drug-likeness (QED) is 0.907. The number of nitrogens with one attached hydrogen (secondary N) is 1. The highest BCUT2D eigenvalue weighted by atomic mass is 19.1. The molecule has 2 rings (SSSR count). The maximum Gasteiger partial charge on any atom is 0.254 e. The van der Waals surface area contributed by atoms with E-state index < -0.39 is 0 Å². The van der Waals surface area contributed by atoms with E-state index in [0.717, 1.165) is 38.0 Å². The van der Waals surface area contributed by atoms with Gasteiger partial charge in [-0.1, -0.05) is 6.07 Å². The highest BCUT2D eigenvalue weighted by Gasteiger charge is 2.24. The lowest BCUT2D eigenvalue weighted by molar-refractivity contribution is 0.0689. The zero-order chi connectivity index (χ0) is 13.8. The van der Waals surface area contributed by atoms with Crippen LogP contribution in [0.2, 0.25) is 0 Å². The number of carbonyl (C=O) groups is 1. The molecule has 104 valence electrons. The van der Waals surface area contributed by atoms with Gasteiger partial charge in [0.15, 0.2) is 0 Å². The van der Waals surface area contributed by atoms with Gasteiger partial charge in [0.25, 0.3) is 5.91 Å². The molecule has 1 aromatic carbocycles. The third-order valence-corrected chi connectivity index (χ3v) is 3.82. The van der Waals surface area contributed by atoms with E-state index in [-0.39, 0.29) is 11.7 Å². The second-order valence-corrected chi connectivity index (χ2v) is 5.25. The third kappa shape index (κ3) is 3.32. The van der Waals surface area contributed by atoms with E-state index in [1.807, 2.05) is 18.9 Å². The molecule has 1 saturated heterocycles. The smallest absolute Gasteiger partial charge is 0.254 e. The molecule has 4 heteroatoms. The van der Waals surface area contributed by atoms with Crippen LogP contribution in [0.3, 0.4) is 0 Å². The number of likely N-dealkylation sites (tertiary alicyclic amines) is 1. The molecule has 3 nitrogen and oxygen atoms in total. The van der Waals surface area contributed by atoms with Gasteiger partial charge in [0, 0.05) is 18.7 Å². The average molecular weight is 264 g/mol. The third-order valence-electron chi connectivity index (χ3n) is 3.82. The maximum atomic E-state index is 13.3. The van der Waals surface area contributed by atoms with Gasteiger partial charge in [0.05, 0.1) is 0 Å². The first-order chi connectivity index (χ1) is 9.11. The molecule has 1 amide bonds. The Morgan fingerprint density at radius 2 is 2.11 bits per heavy atom. The first-order valence-electron chi connectivity index (χ1n) is 6.82. The number of amides is 1. The molecular formula is C15H21FN2O. The summed E-state index contributed by atoms with van der Waals surface area (Å²) < 4.78 is 13.3. The predicted molar refractivity (Wildman–Crippen MR) is 73.7 cm³/mol. The van der Waals surface area contributed by atoms with Gasteiger partial charge in [-0.15, -0.1) is 0 Å². The lowest BCUT2D eigenvalue weighted by Gasteiger charge is -2.32.